The highest BCUT2D eigenvalue weighted by Crippen LogP contribution is 2.31. The topological polar surface area (TPSA) is 60.5 Å². The Morgan fingerprint density at radius 1 is 1.21 bits per heavy atom. The van der Waals surface area contributed by atoms with E-state index in [-0.39, 0.29) is 12.0 Å². The Morgan fingerprint density at radius 3 is 2.92 bits per heavy atom. The molecule has 0 saturated heterocycles. The highest BCUT2D eigenvalue weighted by molar-refractivity contribution is 7.20. The maximum Gasteiger partial charge on any atom is 0.270 e. The van der Waals surface area contributed by atoms with Crippen molar-refractivity contribution < 1.29 is 14.3 Å². The summed E-state index contributed by atoms with van der Waals surface area (Å²) < 4.78 is 11.5. The van der Waals surface area contributed by atoms with E-state index in [1.54, 1.807) is 16.7 Å². The molecule has 1 atom stereocenters. The number of carbonyl (C=O) groups excluding carboxylic acids is 1. The van der Waals surface area contributed by atoms with E-state index in [0.717, 1.165) is 15.6 Å². The van der Waals surface area contributed by atoms with Gasteiger partial charge < -0.3 is 14.8 Å². The summed E-state index contributed by atoms with van der Waals surface area (Å²) in [7, 11) is 0. The van der Waals surface area contributed by atoms with Gasteiger partial charge in [-0.15, -0.1) is 22.7 Å². The van der Waals surface area contributed by atoms with Crippen molar-refractivity contribution in [2.24, 2.45) is 0 Å². The highest BCUT2D eigenvalue weighted by Gasteiger charge is 2.22. The number of para-hydroxylation sites is 2. The van der Waals surface area contributed by atoms with Crippen molar-refractivity contribution in [2.45, 2.75) is 6.10 Å². The van der Waals surface area contributed by atoms with Crippen molar-refractivity contribution in [3.8, 4) is 21.4 Å². The van der Waals surface area contributed by atoms with Crippen molar-refractivity contribution in [3.05, 3.63) is 52.9 Å². The Kier molecular flexibility index (Phi) is 4.18. The Hall–Kier alpha value is -2.38. The van der Waals surface area contributed by atoms with Crippen molar-refractivity contribution >= 4 is 28.6 Å². The third kappa shape index (κ3) is 3.13. The lowest BCUT2D eigenvalue weighted by Crippen LogP contribution is -2.40. The molecule has 3 aromatic rings. The zero-order valence-corrected chi connectivity index (χ0v) is 14.2. The van der Waals surface area contributed by atoms with Crippen LogP contribution in [0.4, 0.5) is 0 Å². The van der Waals surface area contributed by atoms with Gasteiger partial charge in [-0.05, 0) is 23.6 Å². The molecule has 5 nitrogen and oxygen atoms in total. The minimum absolute atomic E-state index is 0.198. The van der Waals surface area contributed by atoms with Crippen molar-refractivity contribution in [1.82, 2.24) is 10.3 Å². The number of thiophene rings is 1. The summed E-state index contributed by atoms with van der Waals surface area (Å²) in [4.78, 5) is 17.7. The zero-order valence-electron chi connectivity index (χ0n) is 12.6. The normalized spacial score (nSPS) is 15.9. The Balaban J connectivity index is 1.36. The molecule has 1 amide bonds. The average Bonchev–Trinajstić information content (AvgIpc) is 3.30. The predicted molar refractivity (Wildman–Crippen MR) is 94.1 cm³/mol. The third-order valence-electron chi connectivity index (χ3n) is 3.53. The number of benzene rings is 1. The molecule has 0 spiro atoms. The Morgan fingerprint density at radius 2 is 2.08 bits per heavy atom. The average molecular weight is 358 g/mol. The second-order valence-corrected chi connectivity index (χ2v) is 7.03. The van der Waals surface area contributed by atoms with Crippen LogP contribution in [0.1, 0.15) is 10.5 Å². The number of ether oxygens (including phenoxy) is 2. The summed E-state index contributed by atoms with van der Waals surface area (Å²) in [5.74, 6) is 1.24. The van der Waals surface area contributed by atoms with Gasteiger partial charge in [-0.1, -0.05) is 18.2 Å². The quantitative estimate of drug-likeness (QED) is 0.776. The van der Waals surface area contributed by atoms with Gasteiger partial charge in [-0.2, -0.15) is 0 Å². The van der Waals surface area contributed by atoms with Crippen molar-refractivity contribution in [2.75, 3.05) is 13.2 Å². The summed E-state index contributed by atoms with van der Waals surface area (Å²) in [5, 5.41) is 7.49. The molecule has 24 heavy (non-hydrogen) atoms. The number of carbonyl (C=O) groups is 1. The Labute approximate surface area is 146 Å². The first kappa shape index (κ1) is 15.2. The standard InChI is InChI=1S/C17H14N2O3S2/c20-16(12-10-24-17(19-12)15-6-3-7-23-15)18-8-11-9-21-13-4-1-2-5-14(13)22-11/h1-7,10-11H,8-9H2,(H,18,20)/t11-/m1/s1. The second-order valence-electron chi connectivity index (χ2n) is 5.22. The molecule has 0 radical (unpaired) electrons. The second kappa shape index (κ2) is 6.62. The lowest BCUT2D eigenvalue weighted by atomic mass is 10.2. The van der Waals surface area contributed by atoms with Gasteiger partial charge in [0.05, 0.1) is 11.4 Å². The van der Waals surface area contributed by atoms with E-state index in [4.69, 9.17) is 9.47 Å². The largest absolute Gasteiger partial charge is 0.486 e. The van der Waals surface area contributed by atoms with Crippen molar-refractivity contribution in [3.63, 3.8) is 0 Å². The van der Waals surface area contributed by atoms with Crippen LogP contribution in [0.15, 0.2) is 47.2 Å². The SMILES string of the molecule is O=C(NC[C@@H]1COc2ccccc2O1)c1csc(-c2cccs2)n1. The highest BCUT2D eigenvalue weighted by atomic mass is 32.1. The van der Waals surface area contributed by atoms with Gasteiger partial charge in [0.2, 0.25) is 0 Å². The van der Waals surface area contributed by atoms with Gasteiger partial charge in [0.25, 0.3) is 5.91 Å². The van der Waals surface area contributed by atoms with Crippen LogP contribution in [0.5, 0.6) is 11.5 Å². The monoisotopic (exact) mass is 358 g/mol. The first-order valence-corrected chi connectivity index (χ1v) is 9.21. The van der Waals surface area contributed by atoms with Gasteiger partial charge in [0.15, 0.2) is 11.5 Å². The minimum Gasteiger partial charge on any atom is -0.486 e. The van der Waals surface area contributed by atoms with Crippen LogP contribution in [0.2, 0.25) is 0 Å². The number of aromatic nitrogens is 1. The van der Waals surface area contributed by atoms with Crippen LogP contribution in [-0.4, -0.2) is 30.1 Å². The first-order valence-electron chi connectivity index (χ1n) is 7.46. The van der Waals surface area contributed by atoms with E-state index < -0.39 is 0 Å². The summed E-state index contributed by atoms with van der Waals surface area (Å²) in [6.45, 7) is 0.786. The molecule has 122 valence electrons. The van der Waals surface area contributed by atoms with E-state index in [1.807, 2.05) is 41.8 Å². The summed E-state index contributed by atoms with van der Waals surface area (Å²) in [5.41, 5.74) is 0.431. The number of hydrogen-bond acceptors (Lipinski definition) is 6. The molecular weight excluding hydrogens is 344 g/mol. The number of fused-ring (bicyclic) bond motifs is 1. The number of amides is 1. The predicted octanol–water partition coefficient (Wildman–Crippen LogP) is 3.44. The molecule has 0 saturated carbocycles. The molecule has 1 aromatic carbocycles. The number of thiazole rings is 1. The van der Waals surface area contributed by atoms with Crippen molar-refractivity contribution in [1.29, 1.82) is 0 Å². The van der Waals surface area contributed by atoms with Gasteiger partial charge in [0.1, 0.15) is 23.4 Å². The molecule has 1 aliphatic heterocycles. The molecule has 1 aliphatic rings. The maximum atomic E-state index is 12.3. The number of nitrogens with one attached hydrogen (secondary N) is 1. The fourth-order valence-corrected chi connectivity index (χ4v) is 3.97. The fourth-order valence-electron chi connectivity index (χ4n) is 2.35. The molecule has 4 rings (SSSR count). The van der Waals surface area contributed by atoms with Crippen LogP contribution in [0, 0.1) is 0 Å². The fraction of sp³-hybridized carbons (Fsp3) is 0.176. The van der Waals surface area contributed by atoms with Crippen LogP contribution in [0.25, 0.3) is 9.88 Å². The van der Waals surface area contributed by atoms with Gasteiger partial charge in [-0.3, -0.25) is 4.79 Å². The van der Waals surface area contributed by atoms with Crippen LogP contribution in [-0.2, 0) is 0 Å². The maximum absolute atomic E-state index is 12.3. The number of hydrogen-bond donors (Lipinski definition) is 1. The van der Waals surface area contributed by atoms with Crippen LogP contribution < -0.4 is 14.8 Å². The molecule has 3 heterocycles. The smallest absolute Gasteiger partial charge is 0.270 e. The van der Waals surface area contributed by atoms with Crippen LogP contribution in [0.3, 0.4) is 0 Å². The third-order valence-corrected chi connectivity index (χ3v) is 5.41. The van der Waals surface area contributed by atoms with E-state index in [0.29, 0.717) is 24.6 Å². The van der Waals surface area contributed by atoms with E-state index in [2.05, 4.69) is 10.3 Å². The molecular formula is C17H14N2O3S2. The van der Waals surface area contributed by atoms with Gasteiger partial charge in [-0.25, -0.2) is 4.98 Å². The molecule has 2 aromatic heterocycles. The molecule has 1 N–H and O–H groups in total. The first-order chi connectivity index (χ1) is 11.8. The molecule has 7 heteroatoms. The number of nitrogens with zero attached hydrogens (tertiary/aromatic N) is 1. The van der Waals surface area contributed by atoms with Gasteiger partial charge in [0, 0.05) is 5.38 Å². The lowest BCUT2D eigenvalue weighted by Gasteiger charge is -2.26. The van der Waals surface area contributed by atoms with E-state index in [1.165, 1.54) is 11.3 Å². The minimum atomic E-state index is -0.209. The summed E-state index contributed by atoms with van der Waals surface area (Å²) >= 11 is 3.08. The molecule has 0 bridgehead atoms. The van der Waals surface area contributed by atoms with Crippen LogP contribution >= 0.6 is 22.7 Å². The van der Waals surface area contributed by atoms with E-state index >= 15 is 0 Å². The van der Waals surface area contributed by atoms with E-state index in [9.17, 15) is 4.79 Å². The zero-order chi connectivity index (χ0) is 16.4. The molecule has 0 unspecified atom stereocenters. The molecule has 0 fully saturated rings. The summed E-state index contributed by atoms with van der Waals surface area (Å²) in [6.07, 6.45) is -0.209. The Bertz CT molecular complexity index is 845. The lowest BCUT2D eigenvalue weighted by molar-refractivity contribution is 0.0787. The van der Waals surface area contributed by atoms with Gasteiger partial charge >= 0.3 is 0 Å². The number of rotatable bonds is 4. The summed E-state index contributed by atoms with van der Waals surface area (Å²) in [6, 6.07) is 11.5. The molecule has 0 aliphatic carbocycles.